The second-order valence-corrected chi connectivity index (χ2v) is 5.70. The van der Waals surface area contributed by atoms with Gasteiger partial charge in [-0.15, -0.1) is 0 Å². The Morgan fingerprint density at radius 1 is 0.957 bits per heavy atom. The van der Waals surface area contributed by atoms with Gasteiger partial charge >= 0.3 is 0 Å². The summed E-state index contributed by atoms with van der Waals surface area (Å²) < 4.78 is 2.45. The summed E-state index contributed by atoms with van der Waals surface area (Å²) in [4.78, 5) is 7.94. The highest BCUT2D eigenvalue weighted by atomic mass is 32.1. The van der Waals surface area contributed by atoms with Crippen molar-refractivity contribution < 1.29 is 0 Å². The van der Waals surface area contributed by atoms with E-state index in [1.165, 1.54) is 0 Å². The molecule has 2 heterocycles. The maximum atomic E-state index is 5.51. The van der Waals surface area contributed by atoms with E-state index in [2.05, 4.69) is 15.1 Å². The Morgan fingerprint density at radius 3 is 2.30 bits per heavy atom. The van der Waals surface area contributed by atoms with Crippen LogP contribution in [0.25, 0.3) is 28.1 Å². The van der Waals surface area contributed by atoms with Gasteiger partial charge in [-0.3, -0.25) is 0 Å². The first kappa shape index (κ1) is 13.8. The highest BCUT2D eigenvalue weighted by molar-refractivity contribution is 7.71. The van der Waals surface area contributed by atoms with Crippen LogP contribution in [0.3, 0.4) is 0 Å². The van der Waals surface area contributed by atoms with Crippen molar-refractivity contribution in [3.8, 4) is 17.1 Å². The van der Waals surface area contributed by atoms with E-state index < -0.39 is 0 Å². The number of nitrogens with zero attached hydrogens (tertiary/aromatic N) is 3. The number of fused-ring (bicyclic) bond motifs is 1. The normalized spacial score (nSPS) is 11.0. The fourth-order valence-corrected chi connectivity index (χ4v) is 3.02. The second kappa shape index (κ2) is 5.44. The molecule has 0 saturated carbocycles. The van der Waals surface area contributed by atoms with E-state index >= 15 is 0 Å². The van der Waals surface area contributed by atoms with E-state index in [1.54, 1.807) is 0 Å². The van der Waals surface area contributed by atoms with Crippen LogP contribution < -0.4 is 0 Å². The highest BCUT2D eigenvalue weighted by Crippen LogP contribution is 2.24. The van der Waals surface area contributed by atoms with Gasteiger partial charge in [0.1, 0.15) is 16.1 Å². The van der Waals surface area contributed by atoms with Gasteiger partial charge in [-0.2, -0.15) is 5.10 Å². The second-order valence-electron chi connectivity index (χ2n) is 5.31. The van der Waals surface area contributed by atoms with Crippen molar-refractivity contribution in [3.05, 3.63) is 71.0 Å². The van der Waals surface area contributed by atoms with Crippen LogP contribution >= 0.6 is 12.2 Å². The number of aryl methyl sites for hydroxylation is 1. The molecule has 0 unspecified atom stereocenters. The molecule has 0 aliphatic carbocycles. The molecule has 0 bridgehead atoms. The lowest BCUT2D eigenvalue weighted by atomic mass is 10.2. The summed E-state index contributed by atoms with van der Waals surface area (Å²) in [6, 6.07) is 20.0. The standard InChI is InChI=1S/C18H14N4S/c1-12-15-17(22(21-12)14-10-6-3-7-11-14)19-16(20-18(15)23)13-8-4-2-5-9-13/h2-11H,1H3,(H,19,20,23). The van der Waals surface area contributed by atoms with E-state index in [4.69, 9.17) is 12.2 Å². The molecule has 0 aliphatic rings. The number of benzene rings is 2. The molecule has 4 aromatic rings. The Bertz CT molecular complexity index is 1030. The monoisotopic (exact) mass is 318 g/mol. The molecular formula is C18H14N4S. The SMILES string of the molecule is Cc1nn(-c2ccccc2)c2[nH]c(-c3ccccc3)nc(=S)c12. The molecule has 23 heavy (non-hydrogen) atoms. The summed E-state index contributed by atoms with van der Waals surface area (Å²) in [5, 5.41) is 5.53. The summed E-state index contributed by atoms with van der Waals surface area (Å²) in [5.41, 5.74) is 3.73. The molecule has 0 aliphatic heterocycles. The predicted octanol–water partition coefficient (Wildman–Crippen LogP) is 4.45. The summed E-state index contributed by atoms with van der Waals surface area (Å²) >= 11 is 5.51. The minimum atomic E-state index is 0.567. The Hall–Kier alpha value is -2.79. The molecule has 0 amide bonds. The molecule has 4 rings (SSSR count). The predicted molar refractivity (Wildman–Crippen MR) is 94.2 cm³/mol. The first-order valence-corrected chi connectivity index (χ1v) is 7.75. The molecule has 112 valence electrons. The third kappa shape index (κ3) is 2.35. The summed E-state index contributed by atoms with van der Waals surface area (Å²) in [7, 11) is 0. The van der Waals surface area contributed by atoms with Gasteiger partial charge in [0.05, 0.1) is 16.8 Å². The van der Waals surface area contributed by atoms with Gasteiger partial charge in [0.15, 0.2) is 0 Å². The third-order valence-corrected chi connectivity index (χ3v) is 4.07. The van der Waals surface area contributed by atoms with E-state index in [0.717, 1.165) is 33.8 Å². The fourth-order valence-electron chi connectivity index (χ4n) is 2.69. The molecule has 0 spiro atoms. The van der Waals surface area contributed by atoms with Crippen LogP contribution in [0.5, 0.6) is 0 Å². The van der Waals surface area contributed by atoms with E-state index in [9.17, 15) is 0 Å². The minimum Gasteiger partial charge on any atom is -0.324 e. The maximum absolute atomic E-state index is 5.51. The Kier molecular flexibility index (Phi) is 3.28. The number of hydrogen-bond acceptors (Lipinski definition) is 3. The van der Waals surface area contributed by atoms with Crippen molar-refractivity contribution in [2.75, 3.05) is 0 Å². The van der Waals surface area contributed by atoms with Crippen molar-refractivity contribution >= 4 is 23.3 Å². The van der Waals surface area contributed by atoms with Gasteiger partial charge in [-0.1, -0.05) is 60.7 Å². The van der Waals surface area contributed by atoms with E-state index in [0.29, 0.717) is 4.64 Å². The van der Waals surface area contributed by atoms with Crippen LogP contribution in [0.15, 0.2) is 60.7 Å². The van der Waals surface area contributed by atoms with Gasteiger partial charge in [-0.05, 0) is 19.1 Å². The van der Waals surface area contributed by atoms with Crippen LogP contribution in [0, 0.1) is 11.6 Å². The zero-order chi connectivity index (χ0) is 15.8. The summed E-state index contributed by atoms with van der Waals surface area (Å²) in [6.07, 6.45) is 0. The van der Waals surface area contributed by atoms with Crippen molar-refractivity contribution in [1.29, 1.82) is 0 Å². The quantitative estimate of drug-likeness (QED) is 0.555. The molecule has 1 N–H and O–H groups in total. The van der Waals surface area contributed by atoms with E-state index in [1.807, 2.05) is 72.3 Å². The number of para-hydroxylation sites is 1. The topological polar surface area (TPSA) is 46.5 Å². The third-order valence-electron chi connectivity index (χ3n) is 3.77. The van der Waals surface area contributed by atoms with Crippen molar-refractivity contribution in [1.82, 2.24) is 19.7 Å². The Balaban J connectivity index is 2.03. The molecule has 0 radical (unpaired) electrons. The molecule has 2 aromatic heterocycles. The van der Waals surface area contributed by atoms with Crippen molar-refractivity contribution in [3.63, 3.8) is 0 Å². The lowest BCUT2D eigenvalue weighted by Crippen LogP contribution is -1.99. The highest BCUT2D eigenvalue weighted by Gasteiger charge is 2.13. The molecule has 2 aromatic carbocycles. The van der Waals surface area contributed by atoms with Gasteiger partial charge < -0.3 is 4.98 Å². The zero-order valence-corrected chi connectivity index (χ0v) is 13.3. The number of aromatic amines is 1. The van der Waals surface area contributed by atoms with Crippen LogP contribution in [0.4, 0.5) is 0 Å². The van der Waals surface area contributed by atoms with Gasteiger partial charge in [0, 0.05) is 5.56 Å². The number of H-pyrrole nitrogens is 1. The van der Waals surface area contributed by atoms with Gasteiger partial charge in [0.25, 0.3) is 0 Å². The van der Waals surface area contributed by atoms with Crippen LogP contribution in [0.2, 0.25) is 0 Å². The molecule has 5 heteroatoms. The molecular weight excluding hydrogens is 304 g/mol. The van der Waals surface area contributed by atoms with Gasteiger partial charge in [0.2, 0.25) is 0 Å². The number of hydrogen-bond donors (Lipinski definition) is 1. The Labute approximate surface area is 138 Å². The smallest absolute Gasteiger partial charge is 0.146 e. The number of nitrogens with one attached hydrogen (secondary N) is 1. The van der Waals surface area contributed by atoms with Crippen LogP contribution in [-0.4, -0.2) is 19.7 Å². The van der Waals surface area contributed by atoms with Crippen LogP contribution in [0.1, 0.15) is 5.69 Å². The molecule has 0 fully saturated rings. The average molecular weight is 318 g/mol. The van der Waals surface area contributed by atoms with Crippen LogP contribution in [-0.2, 0) is 0 Å². The van der Waals surface area contributed by atoms with Gasteiger partial charge in [-0.25, -0.2) is 9.67 Å². The maximum Gasteiger partial charge on any atom is 0.146 e. The first-order valence-electron chi connectivity index (χ1n) is 7.34. The largest absolute Gasteiger partial charge is 0.324 e. The lowest BCUT2D eigenvalue weighted by Gasteiger charge is -2.05. The number of rotatable bonds is 2. The number of aromatic nitrogens is 4. The summed E-state index contributed by atoms with van der Waals surface area (Å²) in [5.74, 6) is 0.750. The van der Waals surface area contributed by atoms with Crippen molar-refractivity contribution in [2.24, 2.45) is 0 Å². The summed E-state index contributed by atoms with van der Waals surface area (Å²) in [6.45, 7) is 1.95. The minimum absolute atomic E-state index is 0.567. The molecule has 0 atom stereocenters. The average Bonchev–Trinajstić information content (AvgIpc) is 2.94. The Morgan fingerprint density at radius 2 is 1.61 bits per heavy atom. The zero-order valence-electron chi connectivity index (χ0n) is 12.5. The first-order chi connectivity index (χ1) is 11.2. The lowest BCUT2D eigenvalue weighted by molar-refractivity contribution is 0.877. The molecule has 0 saturated heterocycles. The van der Waals surface area contributed by atoms with Crippen molar-refractivity contribution in [2.45, 2.75) is 6.92 Å². The van der Waals surface area contributed by atoms with E-state index in [-0.39, 0.29) is 0 Å². The molecule has 4 nitrogen and oxygen atoms in total. The fraction of sp³-hybridized carbons (Fsp3) is 0.0556.